The second-order valence-corrected chi connectivity index (χ2v) is 7.69. The molecule has 0 unspecified atom stereocenters. The van der Waals surface area contributed by atoms with Crippen LogP contribution in [-0.2, 0) is 0 Å². The van der Waals surface area contributed by atoms with Crippen molar-refractivity contribution in [3.8, 4) is 0 Å². The average Bonchev–Trinajstić information content (AvgIpc) is 3.55. The summed E-state index contributed by atoms with van der Waals surface area (Å²) in [5, 5.41) is 14.3. The number of H-pyrrole nitrogens is 1. The summed E-state index contributed by atoms with van der Waals surface area (Å²) in [6, 6.07) is 3.99. The van der Waals surface area contributed by atoms with E-state index in [4.69, 9.17) is 4.98 Å². The molecule has 3 N–H and O–H groups in total. The van der Waals surface area contributed by atoms with Crippen molar-refractivity contribution in [3.63, 3.8) is 0 Å². The van der Waals surface area contributed by atoms with Crippen molar-refractivity contribution in [1.82, 2.24) is 25.5 Å². The lowest BCUT2D eigenvalue weighted by Gasteiger charge is -2.23. The Hall–Kier alpha value is -2.15. The van der Waals surface area contributed by atoms with E-state index in [9.17, 15) is 0 Å². The highest BCUT2D eigenvalue weighted by molar-refractivity contribution is 5.54. The molecule has 0 radical (unpaired) electrons. The highest BCUT2D eigenvalue weighted by Gasteiger charge is 2.50. The van der Waals surface area contributed by atoms with Crippen LogP contribution in [0.3, 0.4) is 0 Å². The van der Waals surface area contributed by atoms with Gasteiger partial charge in [0.05, 0.1) is 0 Å². The van der Waals surface area contributed by atoms with Gasteiger partial charge < -0.3 is 15.5 Å². The number of aromatic nitrogens is 4. The fourth-order valence-electron chi connectivity index (χ4n) is 4.10. The van der Waals surface area contributed by atoms with Gasteiger partial charge in [0, 0.05) is 42.5 Å². The Morgan fingerprint density at radius 1 is 1.24 bits per heavy atom. The van der Waals surface area contributed by atoms with E-state index in [1.807, 2.05) is 12.3 Å². The molecule has 1 aliphatic heterocycles. The van der Waals surface area contributed by atoms with Crippen molar-refractivity contribution in [2.45, 2.75) is 43.6 Å². The first-order valence-electron chi connectivity index (χ1n) is 9.35. The minimum Gasteiger partial charge on any atom is -0.340 e. The van der Waals surface area contributed by atoms with Gasteiger partial charge in [-0.1, -0.05) is 0 Å². The van der Waals surface area contributed by atoms with Gasteiger partial charge in [0.25, 0.3) is 0 Å². The topological polar surface area (TPSA) is 81.8 Å². The van der Waals surface area contributed by atoms with Crippen molar-refractivity contribution in [2.75, 3.05) is 30.4 Å². The molecule has 5 rings (SSSR count). The molecule has 1 atom stereocenters. The molecule has 0 amide bonds. The van der Waals surface area contributed by atoms with Crippen molar-refractivity contribution in [1.29, 1.82) is 0 Å². The fourth-order valence-corrected chi connectivity index (χ4v) is 4.10. The minimum absolute atomic E-state index is 0.374. The van der Waals surface area contributed by atoms with Gasteiger partial charge in [-0.15, -0.1) is 0 Å². The molecule has 25 heavy (non-hydrogen) atoms. The normalized spacial score (nSPS) is 24.5. The maximum absolute atomic E-state index is 4.71. The largest absolute Gasteiger partial charge is 0.340 e. The van der Waals surface area contributed by atoms with Crippen LogP contribution in [-0.4, -0.2) is 45.8 Å². The fraction of sp³-hybridized carbons (Fsp3) is 0.611. The van der Waals surface area contributed by atoms with Crippen LogP contribution in [0.4, 0.5) is 17.6 Å². The van der Waals surface area contributed by atoms with Crippen molar-refractivity contribution in [2.24, 2.45) is 5.92 Å². The summed E-state index contributed by atoms with van der Waals surface area (Å²) in [6.07, 6.45) is 8.18. The molecule has 1 saturated heterocycles. The summed E-state index contributed by atoms with van der Waals surface area (Å²) in [4.78, 5) is 11.5. The zero-order valence-corrected chi connectivity index (χ0v) is 14.6. The molecule has 3 heterocycles. The first-order chi connectivity index (χ1) is 12.3. The molecule has 0 spiro atoms. The van der Waals surface area contributed by atoms with Gasteiger partial charge in [-0.05, 0) is 51.1 Å². The summed E-state index contributed by atoms with van der Waals surface area (Å²) in [5.41, 5.74) is 1.60. The molecule has 3 aliphatic rings. The standard InChI is InChI=1S/C18H25N7/c1-19-18(6-7-18)13-5-9-25(11-13)17-20-8-4-15(22-17)21-16-10-14(23-24-16)12-2-3-12/h4,8,10,12-13,19H,2-3,5-7,9,11H2,1H3,(H2,20,21,22,23,24)/t13-/m1/s1. The molecule has 7 nitrogen and oxygen atoms in total. The second kappa shape index (κ2) is 5.69. The highest BCUT2D eigenvalue weighted by atomic mass is 15.3. The highest BCUT2D eigenvalue weighted by Crippen LogP contribution is 2.46. The van der Waals surface area contributed by atoms with E-state index in [1.54, 1.807) is 0 Å². The van der Waals surface area contributed by atoms with Crippen LogP contribution in [0, 0.1) is 5.92 Å². The molecule has 132 valence electrons. The Morgan fingerprint density at radius 3 is 2.88 bits per heavy atom. The van der Waals surface area contributed by atoms with Crippen molar-refractivity contribution < 1.29 is 0 Å². The Bertz CT molecular complexity index is 762. The summed E-state index contributed by atoms with van der Waals surface area (Å²) in [6.45, 7) is 2.07. The number of aromatic amines is 1. The van der Waals surface area contributed by atoms with Crippen LogP contribution in [0.1, 0.15) is 43.7 Å². The third-order valence-electron chi connectivity index (χ3n) is 6.05. The summed E-state index contributed by atoms with van der Waals surface area (Å²) >= 11 is 0. The predicted molar refractivity (Wildman–Crippen MR) is 97.2 cm³/mol. The maximum atomic E-state index is 4.71. The number of nitrogens with one attached hydrogen (secondary N) is 3. The minimum atomic E-state index is 0.374. The molecule has 0 aromatic carbocycles. The molecule has 2 saturated carbocycles. The molecule has 2 aromatic heterocycles. The zero-order valence-electron chi connectivity index (χ0n) is 14.6. The first-order valence-corrected chi connectivity index (χ1v) is 9.35. The lowest BCUT2D eigenvalue weighted by atomic mass is 9.97. The molecule has 7 heteroatoms. The SMILES string of the molecule is CNC1([C@@H]2CCN(c3nccc(Nc4cc(C5CC5)[nH]n4)n3)C2)CC1. The predicted octanol–water partition coefficient (Wildman–Crippen LogP) is 2.40. The zero-order chi connectivity index (χ0) is 16.9. The number of rotatable bonds is 6. The van der Waals surface area contributed by atoms with E-state index in [1.165, 1.54) is 37.8 Å². The molecule has 2 aromatic rings. The van der Waals surface area contributed by atoms with Gasteiger partial charge in [0.15, 0.2) is 5.82 Å². The Kier molecular flexibility index (Phi) is 3.45. The van der Waals surface area contributed by atoms with Crippen molar-refractivity contribution >= 4 is 17.6 Å². The Morgan fingerprint density at radius 2 is 2.12 bits per heavy atom. The lowest BCUT2D eigenvalue weighted by Crippen LogP contribution is -2.37. The Labute approximate surface area is 147 Å². The van der Waals surface area contributed by atoms with Gasteiger partial charge in [0.2, 0.25) is 5.95 Å². The second-order valence-electron chi connectivity index (χ2n) is 7.69. The van der Waals surface area contributed by atoms with Gasteiger partial charge in [-0.3, -0.25) is 5.10 Å². The van der Waals surface area contributed by atoms with E-state index < -0.39 is 0 Å². The summed E-state index contributed by atoms with van der Waals surface area (Å²) in [5.74, 6) is 3.82. The van der Waals surface area contributed by atoms with Crippen LogP contribution >= 0.6 is 0 Å². The summed E-state index contributed by atoms with van der Waals surface area (Å²) in [7, 11) is 2.09. The third kappa shape index (κ3) is 2.86. The average molecular weight is 339 g/mol. The van der Waals surface area contributed by atoms with E-state index in [2.05, 4.69) is 43.8 Å². The molecule has 0 bridgehead atoms. The van der Waals surface area contributed by atoms with E-state index in [-0.39, 0.29) is 0 Å². The van der Waals surface area contributed by atoms with Crippen LogP contribution in [0.25, 0.3) is 0 Å². The molecular weight excluding hydrogens is 314 g/mol. The third-order valence-corrected chi connectivity index (χ3v) is 6.05. The van der Waals surface area contributed by atoms with Gasteiger partial charge in [-0.25, -0.2) is 4.98 Å². The van der Waals surface area contributed by atoms with Crippen LogP contribution in [0.15, 0.2) is 18.3 Å². The van der Waals surface area contributed by atoms with E-state index >= 15 is 0 Å². The van der Waals surface area contributed by atoms with E-state index in [0.717, 1.165) is 30.7 Å². The van der Waals surface area contributed by atoms with Gasteiger partial charge in [0.1, 0.15) is 5.82 Å². The summed E-state index contributed by atoms with van der Waals surface area (Å²) < 4.78 is 0. The first kappa shape index (κ1) is 15.1. The van der Waals surface area contributed by atoms with Crippen LogP contribution < -0.4 is 15.5 Å². The quantitative estimate of drug-likeness (QED) is 0.750. The number of nitrogens with zero attached hydrogens (tertiary/aromatic N) is 4. The maximum Gasteiger partial charge on any atom is 0.227 e. The Balaban J connectivity index is 1.28. The lowest BCUT2D eigenvalue weighted by molar-refractivity contribution is 0.381. The smallest absolute Gasteiger partial charge is 0.227 e. The molecule has 2 aliphatic carbocycles. The van der Waals surface area contributed by atoms with Gasteiger partial charge >= 0.3 is 0 Å². The number of hydrogen-bond acceptors (Lipinski definition) is 6. The number of hydrogen-bond donors (Lipinski definition) is 3. The van der Waals surface area contributed by atoms with Crippen LogP contribution in [0.2, 0.25) is 0 Å². The molecular formula is C18H25N7. The van der Waals surface area contributed by atoms with Gasteiger partial charge in [-0.2, -0.15) is 10.1 Å². The van der Waals surface area contributed by atoms with E-state index in [0.29, 0.717) is 17.4 Å². The number of anilines is 3. The molecule has 3 fully saturated rings. The van der Waals surface area contributed by atoms with Crippen molar-refractivity contribution in [3.05, 3.63) is 24.0 Å². The monoisotopic (exact) mass is 339 g/mol. The van der Waals surface area contributed by atoms with Crippen LogP contribution in [0.5, 0.6) is 0 Å².